The number of benzene rings is 1. The van der Waals surface area contributed by atoms with Crippen LogP contribution < -0.4 is 0 Å². The van der Waals surface area contributed by atoms with Crippen molar-refractivity contribution >= 4 is 11.9 Å². The molecule has 0 aliphatic carbocycles. The zero-order valence-electron chi connectivity index (χ0n) is 10.8. The maximum Gasteiger partial charge on any atom is 0.325 e. The van der Waals surface area contributed by atoms with Gasteiger partial charge in [0, 0.05) is 18.2 Å². The third kappa shape index (κ3) is 4.45. The Morgan fingerprint density at radius 1 is 1.32 bits per heavy atom. The lowest BCUT2D eigenvalue weighted by Crippen LogP contribution is -2.32. The van der Waals surface area contributed by atoms with Gasteiger partial charge in [0.25, 0.3) is 5.91 Å². The molecule has 0 atom stereocenters. The number of likely N-dealkylation sites (N-methyl/N-ethyl adjacent to an activating group) is 1. The summed E-state index contributed by atoms with van der Waals surface area (Å²) in [7, 11) is 2.80. The fourth-order valence-corrected chi connectivity index (χ4v) is 1.39. The largest absolute Gasteiger partial charge is 0.468 e. The quantitative estimate of drug-likeness (QED) is 0.626. The maximum absolute atomic E-state index is 12.0. The number of carbonyl (C=O) groups excluding carboxylic acids is 2. The molecule has 0 unspecified atom stereocenters. The maximum atomic E-state index is 12.0. The van der Waals surface area contributed by atoms with Gasteiger partial charge in [-0.2, -0.15) is 0 Å². The van der Waals surface area contributed by atoms with E-state index in [1.807, 2.05) is 0 Å². The van der Waals surface area contributed by atoms with Crippen molar-refractivity contribution in [3.05, 3.63) is 35.4 Å². The van der Waals surface area contributed by atoms with Gasteiger partial charge in [-0.25, -0.2) is 0 Å². The van der Waals surface area contributed by atoms with Crippen LogP contribution in [0.1, 0.15) is 15.9 Å². The molecule has 0 radical (unpaired) electrons. The van der Waals surface area contributed by atoms with E-state index in [1.165, 1.54) is 19.1 Å². The Labute approximate surface area is 111 Å². The van der Waals surface area contributed by atoms with Crippen LogP contribution in [0.2, 0.25) is 0 Å². The van der Waals surface area contributed by atoms with Crippen LogP contribution >= 0.6 is 0 Å². The lowest BCUT2D eigenvalue weighted by molar-refractivity contribution is -0.141. The van der Waals surface area contributed by atoms with Crippen LogP contribution in [0.25, 0.3) is 0 Å². The molecule has 0 spiro atoms. The first kappa shape index (κ1) is 14.7. The number of aliphatic hydroxyl groups excluding tert-OH is 1. The molecule has 1 N–H and O–H groups in total. The zero-order chi connectivity index (χ0) is 14.3. The minimum Gasteiger partial charge on any atom is -0.468 e. The number of esters is 1. The summed E-state index contributed by atoms with van der Waals surface area (Å²) in [4.78, 5) is 24.3. The minimum atomic E-state index is -0.471. The summed E-state index contributed by atoms with van der Waals surface area (Å²) < 4.78 is 4.50. The number of methoxy groups -OCH3 is 1. The molecule has 0 aromatic heterocycles. The minimum absolute atomic E-state index is 0.0958. The Kier molecular flexibility index (Phi) is 5.58. The second kappa shape index (κ2) is 7.19. The Balaban J connectivity index is 2.75. The van der Waals surface area contributed by atoms with Gasteiger partial charge in [0.15, 0.2) is 0 Å². The summed E-state index contributed by atoms with van der Waals surface area (Å²) in [6.07, 6.45) is 0. The molecular weight excluding hydrogens is 246 g/mol. The molecule has 5 heteroatoms. The summed E-state index contributed by atoms with van der Waals surface area (Å²) >= 11 is 0. The number of nitrogens with zero attached hydrogens (tertiary/aromatic N) is 1. The molecule has 100 valence electrons. The van der Waals surface area contributed by atoms with Crippen molar-refractivity contribution in [1.82, 2.24) is 4.90 Å². The van der Waals surface area contributed by atoms with E-state index in [0.29, 0.717) is 11.1 Å². The predicted octanol–water partition coefficient (Wildman–Crippen LogP) is 0.275. The van der Waals surface area contributed by atoms with Crippen LogP contribution in [0.3, 0.4) is 0 Å². The number of carbonyl (C=O) groups is 2. The fraction of sp³-hybridized carbons (Fsp3) is 0.286. The van der Waals surface area contributed by atoms with Crippen molar-refractivity contribution in [2.24, 2.45) is 0 Å². The lowest BCUT2D eigenvalue weighted by Gasteiger charge is -2.15. The molecule has 5 nitrogen and oxygen atoms in total. The molecule has 1 aromatic rings. The van der Waals surface area contributed by atoms with E-state index in [1.54, 1.807) is 24.3 Å². The Hall–Kier alpha value is -2.32. The molecule has 0 fully saturated rings. The summed E-state index contributed by atoms with van der Waals surface area (Å²) in [5.41, 5.74) is 1.17. The number of amides is 1. The average molecular weight is 261 g/mol. The summed E-state index contributed by atoms with van der Waals surface area (Å²) in [5.74, 6) is 4.51. The second-order valence-corrected chi connectivity index (χ2v) is 3.77. The van der Waals surface area contributed by atoms with Gasteiger partial charge in [0.2, 0.25) is 0 Å². The molecule has 1 amide bonds. The number of hydrogen-bond acceptors (Lipinski definition) is 4. The number of hydrogen-bond donors (Lipinski definition) is 1. The van der Waals surface area contributed by atoms with E-state index < -0.39 is 5.97 Å². The molecule has 0 saturated heterocycles. The van der Waals surface area contributed by atoms with Gasteiger partial charge in [-0.1, -0.05) is 11.8 Å². The predicted molar refractivity (Wildman–Crippen MR) is 69.4 cm³/mol. The average Bonchev–Trinajstić information content (AvgIpc) is 2.44. The molecule has 0 aliphatic rings. The first-order chi connectivity index (χ1) is 9.08. The highest BCUT2D eigenvalue weighted by atomic mass is 16.5. The molecule has 19 heavy (non-hydrogen) atoms. The van der Waals surface area contributed by atoms with Crippen LogP contribution in [-0.2, 0) is 9.53 Å². The number of rotatable bonds is 3. The summed E-state index contributed by atoms with van der Waals surface area (Å²) in [6.45, 7) is -0.302. The highest BCUT2D eigenvalue weighted by molar-refractivity contribution is 5.95. The van der Waals surface area contributed by atoms with E-state index in [9.17, 15) is 9.59 Å². The second-order valence-electron chi connectivity index (χ2n) is 3.77. The molecule has 0 saturated carbocycles. The smallest absolute Gasteiger partial charge is 0.325 e. The van der Waals surface area contributed by atoms with Crippen LogP contribution in [0.15, 0.2) is 24.3 Å². The van der Waals surface area contributed by atoms with E-state index in [2.05, 4.69) is 16.6 Å². The van der Waals surface area contributed by atoms with Crippen LogP contribution in [0.4, 0.5) is 0 Å². The monoisotopic (exact) mass is 261 g/mol. The van der Waals surface area contributed by atoms with E-state index in [4.69, 9.17) is 5.11 Å². The van der Waals surface area contributed by atoms with Crippen molar-refractivity contribution < 1.29 is 19.4 Å². The van der Waals surface area contributed by atoms with Crippen LogP contribution in [0, 0.1) is 11.8 Å². The van der Waals surface area contributed by atoms with Gasteiger partial charge in [-0.15, -0.1) is 0 Å². The van der Waals surface area contributed by atoms with Gasteiger partial charge in [-0.3, -0.25) is 9.59 Å². The van der Waals surface area contributed by atoms with Crippen molar-refractivity contribution in [3.8, 4) is 11.8 Å². The molecule has 0 bridgehead atoms. The normalized spacial score (nSPS) is 9.21. The standard InChI is InChI=1S/C14H15NO4/c1-15(10-13(17)19-2)14(18)12-7-5-11(6-8-12)4-3-9-16/h5-8,16H,9-10H2,1-2H3. The van der Waals surface area contributed by atoms with Gasteiger partial charge in [0.05, 0.1) is 7.11 Å². The summed E-state index contributed by atoms with van der Waals surface area (Å²) in [5, 5.41) is 8.57. The van der Waals surface area contributed by atoms with Gasteiger partial charge < -0.3 is 14.7 Å². The third-order valence-corrected chi connectivity index (χ3v) is 2.38. The summed E-state index contributed by atoms with van der Waals surface area (Å²) in [6, 6.07) is 6.61. The first-order valence-corrected chi connectivity index (χ1v) is 5.60. The fourth-order valence-electron chi connectivity index (χ4n) is 1.39. The van der Waals surface area contributed by atoms with Crippen LogP contribution in [0.5, 0.6) is 0 Å². The van der Waals surface area contributed by atoms with Gasteiger partial charge in [0.1, 0.15) is 13.2 Å². The van der Waals surface area contributed by atoms with Crippen LogP contribution in [-0.4, -0.2) is 49.2 Å². The highest BCUT2D eigenvalue weighted by Gasteiger charge is 2.14. The third-order valence-electron chi connectivity index (χ3n) is 2.38. The Morgan fingerprint density at radius 3 is 2.47 bits per heavy atom. The lowest BCUT2D eigenvalue weighted by atomic mass is 10.1. The van der Waals surface area contributed by atoms with Gasteiger partial charge >= 0.3 is 5.97 Å². The number of ether oxygens (including phenoxy) is 1. The van der Waals surface area contributed by atoms with Crippen molar-refractivity contribution in [2.45, 2.75) is 0 Å². The van der Waals surface area contributed by atoms with Gasteiger partial charge in [-0.05, 0) is 24.3 Å². The van der Waals surface area contributed by atoms with E-state index >= 15 is 0 Å². The van der Waals surface area contributed by atoms with Crippen molar-refractivity contribution in [2.75, 3.05) is 27.3 Å². The SMILES string of the molecule is COC(=O)CN(C)C(=O)c1ccc(C#CCO)cc1. The molecule has 1 aromatic carbocycles. The van der Waals surface area contributed by atoms with Crippen molar-refractivity contribution in [1.29, 1.82) is 0 Å². The molecule has 0 heterocycles. The Bertz CT molecular complexity index is 510. The topological polar surface area (TPSA) is 66.8 Å². The highest BCUT2D eigenvalue weighted by Crippen LogP contribution is 2.06. The first-order valence-electron chi connectivity index (χ1n) is 5.60. The van der Waals surface area contributed by atoms with E-state index in [0.717, 1.165) is 0 Å². The Morgan fingerprint density at radius 2 is 1.95 bits per heavy atom. The molecule has 0 aliphatic heterocycles. The molecular formula is C14H15NO4. The zero-order valence-corrected chi connectivity index (χ0v) is 10.8. The molecule has 1 rings (SSSR count). The number of aliphatic hydroxyl groups is 1. The van der Waals surface area contributed by atoms with E-state index in [-0.39, 0.29) is 19.1 Å². The van der Waals surface area contributed by atoms with Crippen molar-refractivity contribution in [3.63, 3.8) is 0 Å².